The first-order chi connectivity index (χ1) is 16.9. The monoisotopic (exact) mass is 523 g/mol. The zero-order valence-corrected chi connectivity index (χ0v) is 26.4. The summed E-state index contributed by atoms with van der Waals surface area (Å²) in [5, 5.41) is 0. The van der Waals surface area contributed by atoms with E-state index in [9.17, 15) is 13.6 Å². The van der Waals surface area contributed by atoms with Gasteiger partial charge >= 0.3 is 0 Å². The number of nitrogens with two attached hydrogens (primary N) is 1. The number of hydrogen-bond donors (Lipinski definition) is 1. The molecule has 216 valence electrons. The van der Waals surface area contributed by atoms with Crippen molar-refractivity contribution in [1.82, 2.24) is 0 Å². The zero-order chi connectivity index (χ0) is 30.0. The second-order valence-corrected chi connectivity index (χ2v) is 10.9. The van der Waals surface area contributed by atoms with Crippen LogP contribution in [-0.2, 0) is 10.2 Å². The number of aryl methyl sites for hydroxylation is 1. The molecule has 0 bridgehead atoms. The zero-order valence-electron chi connectivity index (χ0n) is 26.4. The van der Waals surface area contributed by atoms with E-state index in [1.54, 1.807) is 32.9 Å². The molecule has 1 aromatic carbocycles. The second-order valence-electron chi connectivity index (χ2n) is 10.9. The Morgan fingerprint density at radius 1 is 1.03 bits per heavy atom. The number of amides is 1. The molecule has 37 heavy (non-hydrogen) atoms. The van der Waals surface area contributed by atoms with Crippen LogP contribution in [0, 0.1) is 18.8 Å². The molecule has 2 N–H and O–H groups in total. The van der Waals surface area contributed by atoms with Crippen molar-refractivity contribution in [3.05, 3.63) is 58.7 Å². The van der Waals surface area contributed by atoms with Crippen LogP contribution in [0.15, 0.2) is 47.6 Å². The Morgan fingerprint density at radius 2 is 1.43 bits per heavy atom. The maximum Gasteiger partial charge on any atom is 0.254 e. The van der Waals surface area contributed by atoms with Gasteiger partial charge in [-0.05, 0) is 64.9 Å². The van der Waals surface area contributed by atoms with E-state index in [1.807, 2.05) is 60.6 Å². The summed E-state index contributed by atoms with van der Waals surface area (Å²) in [7, 11) is 0. The lowest BCUT2D eigenvalue weighted by molar-refractivity contribution is -0.114. The molecule has 0 aromatic heterocycles. The van der Waals surface area contributed by atoms with Crippen LogP contribution in [0.5, 0.6) is 0 Å². The third-order valence-corrected chi connectivity index (χ3v) is 6.54. The van der Waals surface area contributed by atoms with Gasteiger partial charge < -0.3 is 5.73 Å². The maximum absolute atomic E-state index is 13.3. The number of benzene rings is 1. The fourth-order valence-electron chi connectivity index (χ4n) is 2.79. The van der Waals surface area contributed by atoms with E-state index >= 15 is 0 Å². The Hall–Kier alpha value is -1.97. The first-order valence-electron chi connectivity index (χ1n) is 13.9. The van der Waals surface area contributed by atoms with Gasteiger partial charge in [-0.15, -0.1) is 6.58 Å². The van der Waals surface area contributed by atoms with E-state index in [2.05, 4.69) is 20.4 Å². The minimum absolute atomic E-state index is 0.311. The van der Waals surface area contributed by atoms with Gasteiger partial charge in [0.1, 0.15) is 0 Å². The van der Waals surface area contributed by atoms with E-state index in [-0.39, 0.29) is 5.91 Å². The van der Waals surface area contributed by atoms with E-state index in [4.69, 9.17) is 5.73 Å². The number of halogens is 2. The van der Waals surface area contributed by atoms with Crippen LogP contribution in [-0.4, -0.2) is 11.8 Å². The summed E-state index contributed by atoms with van der Waals surface area (Å²) in [5.41, 5.74) is 8.60. The summed E-state index contributed by atoms with van der Waals surface area (Å²) >= 11 is 0. The Bertz CT molecular complexity index is 778. The van der Waals surface area contributed by atoms with E-state index in [0.29, 0.717) is 11.1 Å². The highest BCUT2D eigenvalue weighted by molar-refractivity contribution is 5.91. The molecule has 0 spiro atoms. The topological polar surface area (TPSA) is 43.1 Å². The van der Waals surface area contributed by atoms with Gasteiger partial charge in [-0.3, -0.25) is 4.79 Å². The SMILES string of the molecule is C=C(C)C.CC.CC/C(C)=C(/C)C(N)=O.CCC(C)CC1CC1.Cc1ccc(C(C)(C)C(C)(F)F)cc1. The Kier molecular flexibility index (Phi) is 21.4. The molecule has 4 heteroatoms. The van der Waals surface area contributed by atoms with Crippen molar-refractivity contribution in [2.75, 3.05) is 0 Å². The molecular formula is C33H59F2NO. The molecule has 1 aliphatic rings. The quantitative estimate of drug-likeness (QED) is 0.280. The summed E-state index contributed by atoms with van der Waals surface area (Å²) < 4.78 is 26.6. The van der Waals surface area contributed by atoms with Gasteiger partial charge in [-0.2, -0.15) is 0 Å². The molecule has 1 aromatic rings. The predicted molar refractivity (Wildman–Crippen MR) is 161 cm³/mol. The van der Waals surface area contributed by atoms with Crippen LogP contribution in [0.3, 0.4) is 0 Å². The normalized spacial score (nSPS) is 13.9. The van der Waals surface area contributed by atoms with Gasteiger partial charge in [0.25, 0.3) is 5.92 Å². The van der Waals surface area contributed by atoms with E-state index in [1.165, 1.54) is 31.3 Å². The molecule has 1 amide bonds. The molecule has 1 unspecified atom stereocenters. The van der Waals surface area contributed by atoms with Crippen molar-refractivity contribution in [3.63, 3.8) is 0 Å². The molecule has 0 radical (unpaired) electrons. The Labute approximate surface area is 229 Å². The van der Waals surface area contributed by atoms with Gasteiger partial charge in [0, 0.05) is 12.5 Å². The highest BCUT2D eigenvalue weighted by Gasteiger charge is 2.43. The first kappa shape index (κ1) is 39.5. The number of carbonyl (C=O) groups is 1. The van der Waals surface area contributed by atoms with Crippen molar-refractivity contribution in [2.24, 2.45) is 17.6 Å². The van der Waals surface area contributed by atoms with Crippen molar-refractivity contribution in [2.45, 2.75) is 133 Å². The van der Waals surface area contributed by atoms with Crippen LogP contribution >= 0.6 is 0 Å². The van der Waals surface area contributed by atoms with E-state index in [0.717, 1.165) is 36.3 Å². The number of allylic oxidation sites excluding steroid dienone is 2. The molecule has 0 saturated heterocycles. The summed E-state index contributed by atoms with van der Waals surface area (Å²) in [6.45, 7) is 27.9. The maximum atomic E-state index is 13.3. The van der Waals surface area contributed by atoms with Gasteiger partial charge in [0.15, 0.2) is 0 Å². The van der Waals surface area contributed by atoms with Gasteiger partial charge in [-0.25, -0.2) is 8.78 Å². The van der Waals surface area contributed by atoms with Crippen LogP contribution in [0.2, 0.25) is 0 Å². The summed E-state index contributed by atoms with van der Waals surface area (Å²) in [6.07, 6.45) is 6.80. The lowest BCUT2D eigenvalue weighted by Crippen LogP contribution is -2.37. The number of hydrogen-bond acceptors (Lipinski definition) is 1. The minimum Gasteiger partial charge on any atom is -0.366 e. The second kappa shape index (κ2) is 20.1. The first-order valence-corrected chi connectivity index (χ1v) is 13.9. The molecule has 1 fully saturated rings. The van der Waals surface area contributed by atoms with Crippen LogP contribution in [0.4, 0.5) is 8.78 Å². The average Bonchev–Trinajstić information content (AvgIpc) is 3.63. The summed E-state index contributed by atoms with van der Waals surface area (Å²) in [5.74, 6) is -0.899. The molecule has 0 heterocycles. The molecule has 2 rings (SSSR count). The molecule has 1 atom stereocenters. The van der Waals surface area contributed by atoms with Crippen molar-refractivity contribution >= 4 is 5.91 Å². The van der Waals surface area contributed by atoms with Crippen molar-refractivity contribution < 1.29 is 13.6 Å². The smallest absolute Gasteiger partial charge is 0.254 e. The Morgan fingerprint density at radius 3 is 1.68 bits per heavy atom. The average molecular weight is 524 g/mol. The summed E-state index contributed by atoms with van der Waals surface area (Å²) in [6, 6.07) is 7.27. The number of primary amides is 1. The van der Waals surface area contributed by atoms with Crippen molar-refractivity contribution in [3.8, 4) is 0 Å². The number of carbonyl (C=O) groups excluding carboxylic acids is 1. The molecule has 1 saturated carbocycles. The standard InChI is InChI=1S/C12H16F2.C8H16.C7H13NO.C4H8.C2H6/c1-9-5-7-10(8-6-9)11(2,3)12(4,13)14;1-3-7(2)6-8-4-5-8;1-4-5(2)6(3)7(8)9;1-4(2)3;1-2/h5-8H,1-4H3;7-8H,3-6H2,1-2H3;4H2,1-3H3,(H2,8,9);1H2,2-3H3;1-2H3/b;;6-5-;;. The van der Waals surface area contributed by atoms with Crippen LogP contribution in [0.25, 0.3) is 0 Å². The van der Waals surface area contributed by atoms with Crippen molar-refractivity contribution in [1.29, 1.82) is 0 Å². The molecule has 2 nitrogen and oxygen atoms in total. The van der Waals surface area contributed by atoms with Gasteiger partial charge in [-0.1, -0.05) is 109 Å². The lowest BCUT2D eigenvalue weighted by atomic mass is 9.79. The highest BCUT2D eigenvalue weighted by Crippen LogP contribution is 2.38. The fraction of sp³-hybridized carbons (Fsp3) is 0.667. The van der Waals surface area contributed by atoms with Gasteiger partial charge in [0.05, 0.1) is 5.41 Å². The highest BCUT2D eigenvalue weighted by atomic mass is 19.3. The third kappa shape index (κ3) is 19.8. The number of alkyl halides is 2. The van der Waals surface area contributed by atoms with E-state index < -0.39 is 11.3 Å². The lowest BCUT2D eigenvalue weighted by Gasteiger charge is -2.31. The molecular weight excluding hydrogens is 464 g/mol. The summed E-state index contributed by atoms with van der Waals surface area (Å²) in [4.78, 5) is 10.5. The van der Waals surface area contributed by atoms with Gasteiger partial charge in [0.2, 0.25) is 5.91 Å². The van der Waals surface area contributed by atoms with Crippen LogP contribution < -0.4 is 5.73 Å². The Balaban J connectivity index is -0.000000439. The largest absolute Gasteiger partial charge is 0.366 e. The molecule has 0 aliphatic heterocycles. The minimum atomic E-state index is -2.71. The fourth-order valence-corrected chi connectivity index (χ4v) is 2.79. The number of rotatable bonds is 7. The van der Waals surface area contributed by atoms with Crippen LogP contribution in [0.1, 0.15) is 126 Å². The molecule has 1 aliphatic carbocycles. The predicted octanol–water partition coefficient (Wildman–Crippen LogP) is 10.6. The third-order valence-electron chi connectivity index (χ3n) is 6.54.